The van der Waals surface area contributed by atoms with Crippen molar-refractivity contribution in [3.63, 3.8) is 0 Å². The van der Waals surface area contributed by atoms with Crippen LogP contribution in [0.15, 0.2) is 146 Å². The second-order valence-electron chi connectivity index (χ2n) is 21.4. The number of rotatable bonds is 58. The molecule has 0 aromatic heterocycles. The SMILES string of the molecule is CC/C=C\C/C=C\C/C=C\C/C=C\C/C=C\C/C=C\C/C=C\C/C=C\C/C=C\CCCCCCCCCCCCCCCC(=O)NC(CO)C(O)/C=C/CC/C=C/CC/C=C/CCCCCCCCCCCCCCCC. The van der Waals surface area contributed by atoms with Crippen LogP contribution in [-0.4, -0.2) is 34.9 Å². The van der Waals surface area contributed by atoms with Crippen molar-refractivity contribution in [3.8, 4) is 0 Å². The normalized spacial score (nSPS) is 13.8. The van der Waals surface area contributed by atoms with E-state index in [9.17, 15) is 15.0 Å². The molecule has 0 aromatic rings. The van der Waals surface area contributed by atoms with Crippen LogP contribution < -0.4 is 5.32 Å². The van der Waals surface area contributed by atoms with Crippen molar-refractivity contribution in [2.75, 3.05) is 6.61 Å². The van der Waals surface area contributed by atoms with E-state index in [1.165, 1.54) is 173 Å². The number of unbranched alkanes of at least 4 members (excludes halogenated alkanes) is 29. The molecule has 0 saturated heterocycles. The second-order valence-corrected chi connectivity index (χ2v) is 21.4. The maximum Gasteiger partial charge on any atom is 0.220 e. The fourth-order valence-electron chi connectivity index (χ4n) is 9.15. The van der Waals surface area contributed by atoms with Gasteiger partial charge in [0, 0.05) is 6.42 Å². The molecule has 77 heavy (non-hydrogen) atoms. The van der Waals surface area contributed by atoms with E-state index in [0.717, 1.165) is 96.3 Å². The van der Waals surface area contributed by atoms with Crippen LogP contribution in [0.2, 0.25) is 0 Å². The molecule has 0 aromatic carbocycles. The maximum atomic E-state index is 12.5. The van der Waals surface area contributed by atoms with Crippen LogP contribution in [0.5, 0.6) is 0 Å². The number of allylic oxidation sites excluding steroid dienone is 23. The minimum absolute atomic E-state index is 0.0826. The van der Waals surface area contributed by atoms with Gasteiger partial charge >= 0.3 is 0 Å². The molecule has 0 saturated carbocycles. The lowest BCUT2D eigenvalue weighted by Gasteiger charge is -2.19. The van der Waals surface area contributed by atoms with Gasteiger partial charge in [-0.25, -0.2) is 0 Å². The summed E-state index contributed by atoms with van der Waals surface area (Å²) in [5.74, 6) is -0.0826. The van der Waals surface area contributed by atoms with Gasteiger partial charge in [-0.05, 0) is 116 Å². The molecule has 0 rings (SSSR count). The number of carbonyl (C=O) groups excluding carboxylic acids is 1. The molecule has 438 valence electrons. The summed E-state index contributed by atoms with van der Waals surface area (Å²) in [4.78, 5) is 12.5. The molecule has 3 N–H and O–H groups in total. The van der Waals surface area contributed by atoms with E-state index < -0.39 is 12.1 Å². The summed E-state index contributed by atoms with van der Waals surface area (Å²) in [7, 11) is 0. The van der Waals surface area contributed by atoms with Crippen LogP contribution in [0, 0.1) is 0 Å². The smallest absolute Gasteiger partial charge is 0.220 e. The van der Waals surface area contributed by atoms with Crippen molar-refractivity contribution in [1.82, 2.24) is 5.32 Å². The summed E-state index contributed by atoms with van der Waals surface area (Å²) >= 11 is 0. The van der Waals surface area contributed by atoms with Crippen molar-refractivity contribution in [2.45, 2.75) is 302 Å². The Morgan fingerprint density at radius 3 is 0.909 bits per heavy atom. The Balaban J connectivity index is 3.60. The molecule has 0 spiro atoms. The lowest BCUT2D eigenvalue weighted by Crippen LogP contribution is -2.45. The average molecular weight is 1060 g/mol. The first kappa shape index (κ1) is 73.3. The first-order valence-corrected chi connectivity index (χ1v) is 32.5. The van der Waals surface area contributed by atoms with E-state index in [-0.39, 0.29) is 12.5 Å². The Morgan fingerprint density at radius 1 is 0.325 bits per heavy atom. The number of carbonyl (C=O) groups is 1. The highest BCUT2D eigenvalue weighted by atomic mass is 16.3. The Labute approximate surface area is 478 Å². The van der Waals surface area contributed by atoms with Crippen LogP contribution in [0.3, 0.4) is 0 Å². The van der Waals surface area contributed by atoms with Gasteiger partial charge in [-0.1, -0.05) is 314 Å². The Hall–Kier alpha value is -3.73. The minimum atomic E-state index is -0.880. The van der Waals surface area contributed by atoms with Crippen molar-refractivity contribution in [2.24, 2.45) is 0 Å². The Kier molecular flexibility index (Phi) is 63.3. The molecular weight excluding hydrogens is 939 g/mol. The third-order valence-corrected chi connectivity index (χ3v) is 14.0. The number of amides is 1. The quantitative estimate of drug-likeness (QED) is 0.0420. The predicted octanol–water partition coefficient (Wildman–Crippen LogP) is 22.3. The Morgan fingerprint density at radius 2 is 0.584 bits per heavy atom. The van der Waals surface area contributed by atoms with E-state index in [0.29, 0.717) is 6.42 Å². The predicted molar refractivity (Wildman–Crippen MR) is 345 cm³/mol. The lowest BCUT2D eigenvalue weighted by atomic mass is 10.0. The van der Waals surface area contributed by atoms with Crippen molar-refractivity contribution in [3.05, 3.63) is 146 Å². The molecule has 4 heteroatoms. The van der Waals surface area contributed by atoms with Gasteiger partial charge in [0.05, 0.1) is 18.8 Å². The van der Waals surface area contributed by atoms with Gasteiger partial charge < -0.3 is 15.5 Å². The van der Waals surface area contributed by atoms with Crippen molar-refractivity contribution < 1.29 is 15.0 Å². The molecular formula is C73H123NO3. The zero-order valence-electron chi connectivity index (χ0n) is 50.4. The van der Waals surface area contributed by atoms with Gasteiger partial charge in [0.2, 0.25) is 5.91 Å². The van der Waals surface area contributed by atoms with Crippen LogP contribution in [0.25, 0.3) is 0 Å². The van der Waals surface area contributed by atoms with Gasteiger partial charge in [0.15, 0.2) is 0 Å². The number of nitrogens with one attached hydrogen (secondary N) is 1. The molecule has 0 radical (unpaired) electrons. The van der Waals surface area contributed by atoms with Gasteiger partial charge in [-0.3, -0.25) is 4.79 Å². The first-order chi connectivity index (χ1) is 38.2. The van der Waals surface area contributed by atoms with Gasteiger partial charge in [0.25, 0.3) is 0 Å². The van der Waals surface area contributed by atoms with Crippen LogP contribution in [-0.2, 0) is 4.79 Å². The first-order valence-electron chi connectivity index (χ1n) is 32.5. The number of aliphatic hydroxyl groups excluding tert-OH is 2. The average Bonchev–Trinajstić information content (AvgIpc) is 3.43. The molecule has 4 nitrogen and oxygen atoms in total. The fourth-order valence-corrected chi connectivity index (χ4v) is 9.15. The second kappa shape index (κ2) is 66.5. The highest BCUT2D eigenvalue weighted by molar-refractivity contribution is 5.76. The zero-order chi connectivity index (χ0) is 55.5. The molecule has 1 amide bonds. The molecule has 2 atom stereocenters. The number of hydrogen-bond donors (Lipinski definition) is 3. The van der Waals surface area contributed by atoms with Crippen molar-refractivity contribution >= 4 is 5.91 Å². The summed E-state index contributed by atoms with van der Waals surface area (Å²) in [6, 6.07) is -0.656. The van der Waals surface area contributed by atoms with E-state index in [1.54, 1.807) is 6.08 Å². The van der Waals surface area contributed by atoms with Crippen LogP contribution in [0.1, 0.15) is 290 Å². The highest BCUT2D eigenvalue weighted by Gasteiger charge is 2.18. The third-order valence-electron chi connectivity index (χ3n) is 14.0. The van der Waals surface area contributed by atoms with Crippen LogP contribution >= 0.6 is 0 Å². The maximum absolute atomic E-state index is 12.5. The standard InChI is InChI=1S/C73H123NO3/c1-3-5-7-9-11-13-15-17-19-21-23-25-27-29-30-31-32-33-34-35-36-37-38-39-40-41-42-43-44-45-47-49-51-53-55-57-59-61-63-65-67-69-73(77)74-71(70-75)72(76)68-66-64-62-60-58-56-54-52-50-48-46-28-26-24-22-20-18-16-14-12-10-8-6-4-2/h5,7,11,13,17,19,23,25,29-30,32-33,35-36,38-39,41-42,50,52,58,60,66,68,71-72,75-76H,3-4,6,8-10,12,14-16,18,20-22,24,26-28,31,34,37,40,43-49,51,53-57,59,61-65,67,69-70H2,1-2H3,(H,74,77)/b7-5-,13-11-,19-17-,25-23-,30-29-,33-32-,36-35-,39-38-,42-41-,52-50+,60-58+,68-66+. The molecule has 0 aliphatic heterocycles. The fraction of sp³-hybridized carbons (Fsp3) is 0.658. The topological polar surface area (TPSA) is 69.6 Å². The van der Waals surface area contributed by atoms with E-state index >= 15 is 0 Å². The Bertz CT molecular complexity index is 1580. The largest absolute Gasteiger partial charge is 0.394 e. The molecule has 2 unspecified atom stereocenters. The molecule has 0 bridgehead atoms. The number of hydrogen-bond acceptors (Lipinski definition) is 3. The van der Waals surface area contributed by atoms with Gasteiger partial charge in [-0.15, -0.1) is 0 Å². The van der Waals surface area contributed by atoms with Gasteiger partial charge in [-0.2, -0.15) is 0 Å². The minimum Gasteiger partial charge on any atom is -0.394 e. The zero-order valence-corrected chi connectivity index (χ0v) is 50.4. The monoisotopic (exact) mass is 1060 g/mol. The summed E-state index contributed by atoms with van der Waals surface area (Å²) in [6.45, 7) is 4.19. The van der Waals surface area contributed by atoms with Crippen LogP contribution in [0.4, 0.5) is 0 Å². The summed E-state index contributed by atoms with van der Waals surface area (Å²) in [5.41, 5.74) is 0. The third kappa shape index (κ3) is 63.0. The van der Waals surface area contributed by atoms with E-state index in [4.69, 9.17) is 0 Å². The van der Waals surface area contributed by atoms with Crippen molar-refractivity contribution in [1.29, 1.82) is 0 Å². The molecule has 0 fully saturated rings. The highest BCUT2D eigenvalue weighted by Crippen LogP contribution is 2.16. The van der Waals surface area contributed by atoms with E-state index in [1.807, 2.05) is 6.08 Å². The molecule has 0 heterocycles. The van der Waals surface area contributed by atoms with E-state index in [2.05, 4.69) is 153 Å². The lowest BCUT2D eigenvalue weighted by molar-refractivity contribution is -0.123. The van der Waals surface area contributed by atoms with Gasteiger partial charge in [0.1, 0.15) is 0 Å². The number of aliphatic hydroxyl groups is 2. The summed E-state index contributed by atoms with van der Waals surface area (Å²) in [6.07, 6.45) is 105. The summed E-state index contributed by atoms with van der Waals surface area (Å²) < 4.78 is 0. The molecule has 0 aliphatic rings. The molecule has 0 aliphatic carbocycles. The summed E-state index contributed by atoms with van der Waals surface area (Å²) in [5, 5.41) is 23.2.